The number of hydrogen-bond acceptors (Lipinski definition) is 6. The Bertz CT molecular complexity index is 987. The van der Waals surface area contributed by atoms with Gasteiger partial charge in [0.05, 0.1) is 12.6 Å². The summed E-state index contributed by atoms with van der Waals surface area (Å²) in [5, 5.41) is 11.3. The molecule has 3 heterocycles. The average molecular weight is 413 g/mol. The fourth-order valence-electron chi connectivity index (χ4n) is 3.02. The molecule has 3 aromatic rings. The lowest BCUT2D eigenvalue weighted by Gasteiger charge is -2.13. The summed E-state index contributed by atoms with van der Waals surface area (Å²) in [7, 11) is 0. The lowest BCUT2D eigenvalue weighted by molar-refractivity contribution is -0.144. The van der Waals surface area contributed by atoms with E-state index in [0.717, 1.165) is 12.8 Å². The molecule has 1 fully saturated rings. The SMILES string of the molecule is FC(F)(F)c1nc(NC[C@H]2CCCO2)c2nnn(Cc3ccccc3Cl)c2n1. The molecule has 0 radical (unpaired) electrons. The van der Waals surface area contributed by atoms with Crippen LogP contribution in [0.2, 0.25) is 5.02 Å². The Morgan fingerprint density at radius 2 is 2.07 bits per heavy atom. The minimum absolute atomic E-state index is 0.0155. The Morgan fingerprint density at radius 1 is 1.25 bits per heavy atom. The van der Waals surface area contributed by atoms with Crippen molar-refractivity contribution in [1.82, 2.24) is 25.0 Å². The molecule has 0 unspecified atom stereocenters. The molecule has 1 atom stereocenters. The van der Waals surface area contributed by atoms with Crippen molar-refractivity contribution in [3.05, 3.63) is 40.7 Å². The zero-order valence-corrected chi connectivity index (χ0v) is 15.3. The molecular formula is C17H16ClF3N6O. The molecule has 28 heavy (non-hydrogen) atoms. The highest BCUT2D eigenvalue weighted by atomic mass is 35.5. The monoisotopic (exact) mass is 412 g/mol. The van der Waals surface area contributed by atoms with E-state index in [9.17, 15) is 13.2 Å². The van der Waals surface area contributed by atoms with Crippen molar-refractivity contribution >= 4 is 28.6 Å². The second-order valence-electron chi connectivity index (χ2n) is 6.42. The van der Waals surface area contributed by atoms with Crippen LogP contribution in [0.5, 0.6) is 0 Å². The van der Waals surface area contributed by atoms with Crippen LogP contribution in [0.4, 0.5) is 19.0 Å². The van der Waals surface area contributed by atoms with Crippen LogP contribution in [-0.4, -0.2) is 44.2 Å². The highest BCUT2D eigenvalue weighted by Gasteiger charge is 2.36. The van der Waals surface area contributed by atoms with E-state index in [1.807, 2.05) is 0 Å². The lowest BCUT2D eigenvalue weighted by atomic mass is 10.2. The Labute approximate surface area is 162 Å². The summed E-state index contributed by atoms with van der Waals surface area (Å²) < 4.78 is 46.7. The fourth-order valence-corrected chi connectivity index (χ4v) is 3.21. The Morgan fingerprint density at radius 3 is 2.79 bits per heavy atom. The van der Waals surface area contributed by atoms with Gasteiger partial charge in [-0.05, 0) is 24.5 Å². The van der Waals surface area contributed by atoms with Gasteiger partial charge in [-0.2, -0.15) is 13.2 Å². The second kappa shape index (κ2) is 7.51. The zero-order valence-electron chi connectivity index (χ0n) is 14.6. The van der Waals surface area contributed by atoms with Crippen LogP contribution in [0, 0.1) is 0 Å². The predicted octanol–water partition coefficient (Wildman–Crippen LogP) is 3.53. The van der Waals surface area contributed by atoms with E-state index >= 15 is 0 Å². The van der Waals surface area contributed by atoms with Gasteiger partial charge < -0.3 is 10.1 Å². The topological polar surface area (TPSA) is 77.8 Å². The molecular weight excluding hydrogens is 397 g/mol. The predicted molar refractivity (Wildman–Crippen MR) is 96.1 cm³/mol. The number of ether oxygens (including phenoxy) is 1. The lowest BCUT2D eigenvalue weighted by Crippen LogP contribution is -2.21. The quantitative estimate of drug-likeness (QED) is 0.690. The molecule has 1 aliphatic heterocycles. The van der Waals surface area contributed by atoms with Gasteiger partial charge in [0.25, 0.3) is 0 Å². The van der Waals surface area contributed by atoms with Gasteiger partial charge in [0, 0.05) is 18.2 Å². The van der Waals surface area contributed by atoms with Crippen LogP contribution in [-0.2, 0) is 17.5 Å². The number of halogens is 4. The number of benzene rings is 1. The van der Waals surface area contributed by atoms with Crippen molar-refractivity contribution in [3.8, 4) is 0 Å². The highest BCUT2D eigenvalue weighted by molar-refractivity contribution is 6.31. The fraction of sp³-hybridized carbons (Fsp3) is 0.412. The molecule has 1 aromatic carbocycles. The van der Waals surface area contributed by atoms with E-state index in [1.54, 1.807) is 24.3 Å². The molecule has 4 rings (SSSR count). The van der Waals surface area contributed by atoms with Crippen molar-refractivity contribution in [1.29, 1.82) is 0 Å². The van der Waals surface area contributed by atoms with Crippen LogP contribution in [0.25, 0.3) is 11.2 Å². The normalized spacial score (nSPS) is 17.4. The molecule has 0 amide bonds. The molecule has 2 aromatic heterocycles. The van der Waals surface area contributed by atoms with Crippen molar-refractivity contribution in [3.63, 3.8) is 0 Å². The first-order chi connectivity index (χ1) is 13.4. The van der Waals surface area contributed by atoms with E-state index < -0.39 is 12.0 Å². The van der Waals surface area contributed by atoms with Crippen LogP contribution >= 0.6 is 11.6 Å². The maximum atomic E-state index is 13.3. The van der Waals surface area contributed by atoms with Crippen LogP contribution < -0.4 is 5.32 Å². The van der Waals surface area contributed by atoms with Crippen LogP contribution in [0.15, 0.2) is 24.3 Å². The first-order valence-corrected chi connectivity index (χ1v) is 9.07. The summed E-state index contributed by atoms with van der Waals surface area (Å²) in [6, 6.07) is 7.01. The van der Waals surface area contributed by atoms with Crippen molar-refractivity contribution < 1.29 is 17.9 Å². The van der Waals surface area contributed by atoms with Gasteiger partial charge in [-0.25, -0.2) is 14.6 Å². The zero-order chi connectivity index (χ0) is 19.7. The van der Waals surface area contributed by atoms with Crippen molar-refractivity contribution in [2.75, 3.05) is 18.5 Å². The van der Waals surface area contributed by atoms with Gasteiger partial charge in [-0.15, -0.1) is 5.10 Å². The average Bonchev–Trinajstić information content (AvgIpc) is 3.31. The molecule has 1 saturated heterocycles. The third-order valence-electron chi connectivity index (χ3n) is 4.42. The molecule has 148 valence electrons. The van der Waals surface area contributed by atoms with E-state index in [0.29, 0.717) is 23.7 Å². The summed E-state index contributed by atoms with van der Waals surface area (Å²) in [6.45, 7) is 1.11. The molecule has 0 bridgehead atoms. The molecule has 0 spiro atoms. The Balaban J connectivity index is 1.71. The van der Waals surface area contributed by atoms with Crippen molar-refractivity contribution in [2.24, 2.45) is 0 Å². The van der Waals surface area contributed by atoms with Crippen LogP contribution in [0.1, 0.15) is 24.2 Å². The maximum Gasteiger partial charge on any atom is 0.451 e. The molecule has 1 aliphatic rings. The van der Waals surface area contributed by atoms with Crippen LogP contribution in [0.3, 0.4) is 0 Å². The summed E-state index contributed by atoms with van der Waals surface area (Å²) >= 11 is 6.15. The summed E-state index contributed by atoms with van der Waals surface area (Å²) in [6.07, 6.45) is -3.01. The van der Waals surface area contributed by atoms with Gasteiger partial charge in [0.15, 0.2) is 17.0 Å². The molecule has 0 aliphatic carbocycles. The molecule has 7 nitrogen and oxygen atoms in total. The first kappa shape index (κ1) is 18.9. The molecule has 0 saturated carbocycles. The van der Waals surface area contributed by atoms with Gasteiger partial charge in [0.1, 0.15) is 0 Å². The van der Waals surface area contributed by atoms with Gasteiger partial charge in [0.2, 0.25) is 5.82 Å². The summed E-state index contributed by atoms with van der Waals surface area (Å²) in [5.41, 5.74) is 0.840. The standard InChI is InChI=1S/C17H16ClF3N6O/c18-12-6-2-1-4-10(12)9-27-15-13(25-26-27)14(22-8-11-5-3-7-28-11)23-16(24-15)17(19,20)21/h1-2,4,6,11H,3,5,7-9H2,(H,22,23,24)/t11-/m1/s1. The van der Waals surface area contributed by atoms with Gasteiger partial charge >= 0.3 is 6.18 Å². The number of aromatic nitrogens is 5. The summed E-state index contributed by atoms with van der Waals surface area (Å²) in [5.74, 6) is -1.27. The first-order valence-electron chi connectivity index (χ1n) is 8.69. The Hall–Kier alpha value is -2.46. The van der Waals surface area contributed by atoms with E-state index in [4.69, 9.17) is 16.3 Å². The third kappa shape index (κ3) is 3.88. The largest absolute Gasteiger partial charge is 0.451 e. The number of rotatable bonds is 5. The minimum Gasteiger partial charge on any atom is -0.376 e. The maximum absolute atomic E-state index is 13.3. The second-order valence-corrected chi connectivity index (χ2v) is 6.83. The van der Waals surface area contributed by atoms with E-state index in [1.165, 1.54) is 4.68 Å². The number of anilines is 1. The van der Waals surface area contributed by atoms with Gasteiger partial charge in [-0.3, -0.25) is 0 Å². The smallest absolute Gasteiger partial charge is 0.376 e. The van der Waals surface area contributed by atoms with Crippen molar-refractivity contribution in [2.45, 2.75) is 31.7 Å². The molecule has 1 N–H and O–H groups in total. The summed E-state index contributed by atoms with van der Waals surface area (Å²) in [4.78, 5) is 7.29. The highest BCUT2D eigenvalue weighted by Crippen LogP contribution is 2.30. The van der Waals surface area contributed by atoms with Gasteiger partial charge in [-0.1, -0.05) is 35.0 Å². The number of nitrogens with zero attached hydrogens (tertiary/aromatic N) is 5. The number of fused-ring (bicyclic) bond motifs is 1. The number of nitrogens with one attached hydrogen (secondary N) is 1. The molecule has 11 heteroatoms. The third-order valence-corrected chi connectivity index (χ3v) is 4.78. The van der Waals surface area contributed by atoms with E-state index in [2.05, 4.69) is 25.6 Å². The number of alkyl halides is 3. The number of hydrogen-bond donors (Lipinski definition) is 1. The van der Waals surface area contributed by atoms with E-state index in [-0.39, 0.29) is 29.6 Å². The Kier molecular flexibility index (Phi) is 5.07. The minimum atomic E-state index is -4.70.